The lowest BCUT2D eigenvalue weighted by Crippen LogP contribution is -2.02. The van der Waals surface area contributed by atoms with Crippen LogP contribution in [0.3, 0.4) is 0 Å². The summed E-state index contributed by atoms with van der Waals surface area (Å²) >= 11 is 0. The van der Waals surface area contributed by atoms with Gasteiger partial charge in [0.2, 0.25) is 0 Å². The van der Waals surface area contributed by atoms with E-state index in [1.165, 1.54) is 55.2 Å². The summed E-state index contributed by atoms with van der Waals surface area (Å²) in [5, 5.41) is 3.75. The largest absolute Gasteiger partial charge is 0.292 e. The Bertz CT molecular complexity index is 1450. The van der Waals surface area contributed by atoms with E-state index in [4.69, 9.17) is 4.98 Å². The van der Waals surface area contributed by atoms with E-state index >= 15 is 0 Å². The lowest BCUT2D eigenvalue weighted by Gasteiger charge is -2.20. The van der Waals surface area contributed by atoms with Crippen molar-refractivity contribution in [3.8, 4) is 11.3 Å². The molecule has 2 nitrogen and oxygen atoms in total. The molecule has 5 rings (SSSR count). The zero-order valence-electron chi connectivity index (χ0n) is 19.3. The van der Waals surface area contributed by atoms with Gasteiger partial charge < -0.3 is 0 Å². The normalized spacial score (nSPS) is 12.1. The van der Waals surface area contributed by atoms with Crippen LogP contribution in [0.1, 0.15) is 61.8 Å². The average molecular weight is 407 g/mol. The Morgan fingerprint density at radius 2 is 1.52 bits per heavy atom. The fraction of sp³-hybridized carbons (Fsp3) is 0.276. The Labute approximate surface area is 184 Å². The Kier molecular flexibility index (Phi) is 4.62. The Hall–Kier alpha value is -3.13. The summed E-state index contributed by atoms with van der Waals surface area (Å²) in [4.78, 5) is 4.96. The molecule has 0 fully saturated rings. The number of fused-ring (bicyclic) bond motifs is 6. The number of hydrogen-bond donors (Lipinski definition) is 0. The molecule has 3 aromatic carbocycles. The first kappa shape index (κ1) is 19.8. The molecule has 0 aliphatic heterocycles. The van der Waals surface area contributed by atoms with E-state index in [0.717, 1.165) is 5.65 Å². The molecule has 0 spiro atoms. The molecule has 2 heterocycles. The summed E-state index contributed by atoms with van der Waals surface area (Å²) in [6, 6.07) is 20.2. The summed E-state index contributed by atoms with van der Waals surface area (Å²) < 4.78 is 2.38. The van der Waals surface area contributed by atoms with Crippen LogP contribution >= 0.6 is 0 Å². The summed E-state index contributed by atoms with van der Waals surface area (Å²) in [6.07, 6.45) is 2.07. The van der Waals surface area contributed by atoms with Crippen molar-refractivity contribution in [2.45, 2.75) is 53.4 Å². The van der Waals surface area contributed by atoms with Crippen molar-refractivity contribution in [3.05, 3.63) is 83.0 Å². The van der Waals surface area contributed by atoms with E-state index in [1.54, 1.807) is 0 Å². The van der Waals surface area contributed by atoms with E-state index < -0.39 is 0 Å². The SMILES string of the molecule is Cc1ccc2c(c1)c1ccccc1c1ncc(-c3c(C)cc(C(C)C)cc3C(C)C)n21. The summed E-state index contributed by atoms with van der Waals surface area (Å²) in [5.74, 6) is 0.951. The molecule has 2 heteroatoms. The van der Waals surface area contributed by atoms with Gasteiger partial charge in [-0.1, -0.05) is 75.7 Å². The van der Waals surface area contributed by atoms with Crippen LogP contribution in [-0.4, -0.2) is 9.38 Å². The molecular weight excluding hydrogens is 376 g/mol. The Balaban J connectivity index is 1.96. The van der Waals surface area contributed by atoms with Gasteiger partial charge >= 0.3 is 0 Å². The van der Waals surface area contributed by atoms with Crippen LogP contribution in [0.25, 0.3) is 38.6 Å². The standard InChI is InChI=1S/C29H30N2/c1-17(2)21-14-20(6)28(24(15-21)18(3)4)27-16-30-29-23-10-8-7-9-22(23)25-13-19(5)11-12-26(25)31(27)29/h7-18H,1-6H3. The van der Waals surface area contributed by atoms with Gasteiger partial charge in [0.15, 0.2) is 0 Å². The van der Waals surface area contributed by atoms with Gasteiger partial charge in [-0.25, -0.2) is 4.98 Å². The third kappa shape index (κ3) is 3.05. The van der Waals surface area contributed by atoms with E-state index in [0.29, 0.717) is 11.8 Å². The first-order valence-electron chi connectivity index (χ1n) is 11.3. The highest BCUT2D eigenvalue weighted by atomic mass is 15.0. The summed E-state index contributed by atoms with van der Waals surface area (Å²) in [5.41, 5.74) is 10.2. The monoisotopic (exact) mass is 406 g/mol. The maximum absolute atomic E-state index is 4.96. The number of aromatic nitrogens is 2. The number of imidazole rings is 1. The van der Waals surface area contributed by atoms with Crippen molar-refractivity contribution in [2.24, 2.45) is 0 Å². The molecule has 0 saturated heterocycles. The van der Waals surface area contributed by atoms with Crippen LogP contribution in [0.2, 0.25) is 0 Å². The second-order valence-electron chi connectivity index (χ2n) is 9.48. The predicted octanol–water partition coefficient (Wildman–Crippen LogP) is 8.17. The number of nitrogens with zero attached hydrogens (tertiary/aromatic N) is 2. The zero-order valence-corrected chi connectivity index (χ0v) is 19.3. The Morgan fingerprint density at radius 3 is 2.23 bits per heavy atom. The molecule has 31 heavy (non-hydrogen) atoms. The molecule has 2 aromatic heterocycles. The van der Waals surface area contributed by atoms with E-state index in [9.17, 15) is 0 Å². The number of rotatable bonds is 3. The highest BCUT2D eigenvalue weighted by molar-refractivity contribution is 6.12. The van der Waals surface area contributed by atoms with Crippen LogP contribution in [0.5, 0.6) is 0 Å². The number of hydrogen-bond acceptors (Lipinski definition) is 1. The van der Waals surface area contributed by atoms with Gasteiger partial charge in [0.1, 0.15) is 5.65 Å². The van der Waals surface area contributed by atoms with Crippen molar-refractivity contribution in [3.63, 3.8) is 0 Å². The molecule has 0 amide bonds. The molecule has 0 unspecified atom stereocenters. The second kappa shape index (κ2) is 7.23. The van der Waals surface area contributed by atoms with Crippen LogP contribution in [0.15, 0.2) is 60.8 Å². The van der Waals surface area contributed by atoms with Gasteiger partial charge in [0, 0.05) is 16.3 Å². The van der Waals surface area contributed by atoms with Crippen LogP contribution in [0, 0.1) is 13.8 Å². The molecule has 0 radical (unpaired) electrons. The van der Waals surface area contributed by atoms with Gasteiger partial charge in [-0.05, 0) is 59.9 Å². The molecule has 156 valence electrons. The maximum atomic E-state index is 4.96. The van der Waals surface area contributed by atoms with Crippen molar-refractivity contribution < 1.29 is 0 Å². The van der Waals surface area contributed by atoms with Crippen molar-refractivity contribution in [1.82, 2.24) is 9.38 Å². The maximum Gasteiger partial charge on any atom is 0.145 e. The lowest BCUT2D eigenvalue weighted by atomic mass is 9.87. The highest BCUT2D eigenvalue weighted by Crippen LogP contribution is 2.38. The van der Waals surface area contributed by atoms with Gasteiger partial charge in [-0.15, -0.1) is 0 Å². The van der Waals surface area contributed by atoms with Gasteiger partial charge in [0.25, 0.3) is 0 Å². The van der Waals surface area contributed by atoms with Crippen molar-refractivity contribution in [2.75, 3.05) is 0 Å². The van der Waals surface area contributed by atoms with Gasteiger partial charge in [0.05, 0.1) is 17.4 Å². The predicted molar refractivity (Wildman–Crippen MR) is 133 cm³/mol. The van der Waals surface area contributed by atoms with Gasteiger partial charge in [-0.3, -0.25) is 4.40 Å². The average Bonchev–Trinajstić information content (AvgIpc) is 3.18. The molecule has 0 aliphatic carbocycles. The van der Waals surface area contributed by atoms with Gasteiger partial charge in [-0.2, -0.15) is 0 Å². The fourth-order valence-corrected chi connectivity index (χ4v) is 4.92. The van der Waals surface area contributed by atoms with E-state index in [2.05, 4.69) is 107 Å². The second-order valence-corrected chi connectivity index (χ2v) is 9.48. The van der Waals surface area contributed by atoms with Crippen molar-refractivity contribution in [1.29, 1.82) is 0 Å². The lowest BCUT2D eigenvalue weighted by molar-refractivity contribution is 0.832. The minimum absolute atomic E-state index is 0.437. The first-order valence-corrected chi connectivity index (χ1v) is 11.3. The smallest absolute Gasteiger partial charge is 0.145 e. The zero-order chi connectivity index (χ0) is 21.9. The number of benzene rings is 3. The summed E-state index contributed by atoms with van der Waals surface area (Å²) in [7, 11) is 0. The third-order valence-corrected chi connectivity index (χ3v) is 6.55. The van der Waals surface area contributed by atoms with Crippen LogP contribution in [-0.2, 0) is 0 Å². The van der Waals surface area contributed by atoms with Crippen molar-refractivity contribution >= 4 is 27.3 Å². The minimum Gasteiger partial charge on any atom is -0.292 e. The van der Waals surface area contributed by atoms with E-state index in [-0.39, 0.29) is 0 Å². The quantitative estimate of drug-likeness (QED) is 0.276. The topological polar surface area (TPSA) is 17.3 Å². The first-order chi connectivity index (χ1) is 14.9. The number of aryl methyl sites for hydroxylation is 2. The van der Waals surface area contributed by atoms with E-state index in [1.807, 2.05) is 0 Å². The molecule has 0 aliphatic rings. The molecular formula is C29H30N2. The Morgan fingerprint density at radius 1 is 0.774 bits per heavy atom. The summed E-state index contributed by atoms with van der Waals surface area (Å²) in [6.45, 7) is 13.5. The molecule has 0 bridgehead atoms. The molecule has 5 aromatic rings. The third-order valence-electron chi connectivity index (χ3n) is 6.55. The molecule has 0 atom stereocenters. The highest BCUT2D eigenvalue weighted by Gasteiger charge is 2.20. The number of pyridine rings is 1. The fourth-order valence-electron chi connectivity index (χ4n) is 4.92. The van der Waals surface area contributed by atoms with Crippen LogP contribution in [0.4, 0.5) is 0 Å². The molecule has 0 saturated carbocycles. The van der Waals surface area contributed by atoms with Crippen LogP contribution < -0.4 is 0 Å². The minimum atomic E-state index is 0.437. The molecule has 0 N–H and O–H groups in total.